The highest BCUT2D eigenvalue weighted by Gasteiger charge is 2.47. The van der Waals surface area contributed by atoms with Crippen molar-refractivity contribution in [3.05, 3.63) is 305 Å². The number of benzene rings is 10. The standard InChI is InChI=1S/C62H43N/c1-4-20-44(21-5-1)45-38-40-50(41-39-45)63(51-28-18-26-48(42-51)61(46-22-6-2-7-23-46)57-34-14-10-30-53(57)54-31-11-15-35-58(54)61)52-29-19-27-49(43-52)62(47-24-8-3-9-25-47)59-36-16-12-32-55(59)56-33-13-17-37-60(56)62/h1-43H/i1D,4D,5D,20D,21D. The van der Waals surface area contributed by atoms with E-state index in [-0.39, 0.29) is 29.7 Å². The smallest absolute Gasteiger partial charge is 0.0714 e. The van der Waals surface area contributed by atoms with E-state index in [1.54, 1.807) is 0 Å². The van der Waals surface area contributed by atoms with Gasteiger partial charge in [0.2, 0.25) is 0 Å². The fraction of sp³-hybridized carbons (Fsp3) is 0.0323. The molecule has 0 saturated carbocycles. The van der Waals surface area contributed by atoms with Crippen LogP contribution in [-0.4, -0.2) is 0 Å². The van der Waals surface area contributed by atoms with Gasteiger partial charge in [-0.2, -0.15) is 0 Å². The van der Waals surface area contributed by atoms with Gasteiger partial charge in [-0.1, -0.05) is 224 Å². The number of anilines is 3. The van der Waals surface area contributed by atoms with Crippen LogP contribution < -0.4 is 4.90 Å². The summed E-state index contributed by atoms with van der Waals surface area (Å²) in [5.74, 6) is 0. The van der Waals surface area contributed by atoms with Crippen molar-refractivity contribution in [2.75, 3.05) is 4.90 Å². The van der Waals surface area contributed by atoms with E-state index in [0.29, 0.717) is 5.56 Å². The number of rotatable bonds is 8. The topological polar surface area (TPSA) is 3.24 Å². The molecule has 0 spiro atoms. The highest BCUT2D eigenvalue weighted by Crippen LogP contribution is 2.58. The van der Waals surface area contributed by atoms with Gasteiger partial charge in [0.25, 0.3) is 0 Å². The molecule has 0 radical (unpaired) electrons. The summed E-state index contributed by atoms with van der Waals surface area (Å²) in [5, 5.41) is 0. The second-order valence-electron chi connectivity index (χ2n) is 16.4. The summed E-state index contributed by atoms with van der Waals surface area (Å²) in [6, 6.07) is 80.7. The fourth-order valence-corrected chi connectivity index (χ4v) is 10.8. The Balaban J connectivity index is 1.11. The van der Waals surface area contributed by atoms with Crippen LogP contribution in [0.2, 0.25) is 0 Å². The lowest BCUT2D eigenvalue weighted by Gasteiger charge is -2.36. The average molecular weight is 807 g/mol. The van der Waals surface area contributed by atoms with Gasteiger partial charge in [-0.3, -0.25) is 0 Å². The zero-order valence-electron chi connectivity index (χ0n) is 39.4. The lowest BCUT2D eigenvalue weighted by molar-refractivity contribution is 0.767. The van der Waals surface area contributed by atoms with Crippen molar-refractivity contribution >= 4 is 17.1 Å². The molecular weight excluding hydrogens is 759 g/mol. The summed E-state index contributed by atoms with van der Waals surface area (Å²) in [6.45, 7) is 0. The van der Waals surface area contributed by atoms with Crippen LogP contribution in [0.1, 0.15) is 51.4 Å². The van der Waals surface area contributed by atoms with Gasteiger partial charge in [0.15, 0.2) is 0 Å². The van der Waals surface area contributed by atoms with Crippen LogP contribution in [0, 0.1) is 0 Å². The molecule has 0 heterocycles. The maximum absolute atomic E-state index is 8.79. The summed E-state index contributed by atoms with van der Waals surface area (Å²) in [4.78, 5) is 2.29. The van der Waals surface area contributed by atoms with Crippen molar-refractivity contribution in [3.8, 4) is 33.4 Å². The van der Waals surface area contributed by atoms with Crippen molar-refractivity contribution in [3.63, 3.8) is 0 Å². The van der Waals surface area contributed by atoms with E-state index in [4.69, 9.17) is 6.85 Å². The minimum absolute atomic E-state index is 0.171. The first-order valence-electron chi connectivity index (χ1n) is 24.0. The molecule has 0 fully saturated rings. The SMILES string of the molecule is [2H]c1c([2H])c([2H])c(-c2ccc(N(c3cccc(C4(c5ccccc5)c5ccccc5-c5ccccc54)c3)c3cccc(C4(c5ccccc5)c5ccccc5-c5ccccc54)c3)cc2)c([2H])c1[2H]. The normalized spacial score (nSPS) is 14.8. The largest absolute Gasteiger partial charge is 0.310 e. The van der Waals surface area contributed by atoms with Crippen molar-refractivity contribution < 1.29 is 6.85 Å². The van der Waals surface area contributed by atoms with E-state index in [2.05, 4.69) is 211 Å². The van der Waals surface area contributed by atoms with Gasteiger partial charge < -0.3 is 4.90 Å². The number of nitrogens with zero attached hydrogens (tertiary/aromatic N) is 1. The monoisotopic (exact) mass is 806 g/mol. The van der Waals surface area contributed by atoms with Crippen LogP contribution in [0.15, 0.2) is 261 Å². The first kappa shape index (κ1) is 31.8. The maximum Gasteiger partial charge on any atom is 0.0714 e. The van der Waals surface area contributed by atoms with Crippen molar-refractivity contribution in [1.82, 2.24) is 0 Å². The Hall–Kier alpha value is -8.00. The first-order chi connectivity index (χ1) is 33.3. The van der Waals surface area contributed by atoms with E-state index in [1.807, 2.05) is 24.3 Å². The third-order valence-corrected chi connectivity index (χ3v) is 13.3. The molecule has 1 nitrogen and oxygen atoms in total. The Morgan fingerprint density at radius 3 is 1.06 bits per heavy atom. The van der Waals surface area contributed by atoms with Crippen LogP contribution in [0.3, 0.4) is 0 Å². The Bertz CT molecular complexity index is 3280. The zero-order chi connectivity index (χ0) is 46.1. The van der Waals surface area contributed by atoms with E-state index in [0.717, 1.165) is 28.2 Å². The van der Waals surface area contributed by atoms with Crippen molar-refractivity contribution in [2.45, 2.75) is 10.8 Å². The van der Waals surface area contributed by atoms with Gasteiger partial charge in [-0.15, -0.1) is 0 Å². The molecule has 0 atom stereocenters. The molecule has 0 saturated heterocycles. The van der Waals surface area contributed by atoms with Gasteiger partial charge in [0, 0.05) is 17.1 Å². The molecule has 0 amide bonds. The second kappa shape index (κ2) is 14.9. The molecular formula is C62H43N. The quantitative estimate of drug-likeness (QED) is 0.148. The molecule has 0 N–H and O–H groups in total. The minimum Gasteiger partial charge on any atom is -0.310 e. The highest BCUT2D eigenvalue weighted by atomic mass is 15.1. The van der Waals surface area contributed by atoms with Crippen LogP contribution >= 0.6 is 0 Å². The van der Waals surface area contributed by atoms with Gasteiger partial charge in [-0.25, -0.2) is 0 Å². The summed E-state index contributed by atoms with van der Waals surface area (Å²) in [7, 11) is 0. The van der Waals surface area contributed by atoms with Crippen LogP contribution in [0.4, 0.5) is 17.1 Å². The van der Waals surface area contributed by atoms with Gasteiger partial charge in [0.1, 0.15) is 0 Å². The molecule has 1 heteroatoms. The Labute approximate surface area is 376 Å². The summed E-state index contributed by atoms with van der Waals surface area (Å²) >= 11 is 0. The predicted molar refractivity (Wildman–Crippen MR) is 261 cm³/mol. The average Bonchev–Trinajstić information content (AvgIpc) is 3.88. The van der Waals surface area contributed by atoms with E-state index in [9.17, 15) is 0 Å². The third-order valence-electron chi connectivity index (χ3n) is 13.3. The molecule has 2 aliphatic carbocycles. The lowest BCUT2D eigenvalue weighted by atomic mass is 9.67. The zero-order valence-corrected chi connectivity index (χ0v) is 34.4. The van der Waals surface area contributed by atoms with E-state index < -0.39 is 16.9 Å². The number of hydrogen-bond acceptors (Lipinski definition) is 1. The number of hydrogen-bond donors (Lipinski definition) is 0. The molecule has 0 aliphatic heterocycles. The predicted octanol–water partition coefficient (Wildman–Crippen LogP) is 15.5. The minimum atomic E-state index is -0.628. The third kappa shape index (κ3) is 5.56. The molecule has 10 aromatic rings. The summed E-state index contributed by atoms with van der Waals surface area (Å²) < 4.78 is 42.7. The second-order valence-corrected chi connectivity index (χ2v) is 16.4. The van der Waals surface area contributed by atoms with Crippen LogP contribution in [0.5, 0.6) is 0 Å². The molecule has 12 rings (SSSR count). The fourth-order valence-electron chi connectivity index (χ4n) is 10.8. The molecule has 63 heavy (non-hydrogen) atoms. The Kier molecular flexibility index (Phi) is 7.51. The van der Waals surface area contributed by atoms with Gasteiger partial charge in [-0.05, 0) is 114 Å². The van der Waals surface area contributed by atoms with Gasteiger partial charge in [0.05, 0.1) is 17.7 Å². The van der Waals surface area contributed by atoms with Crippen LogP contribution in [0.25, 0.3) is 33.4 Å². The Morgan fingerprint density at radius 1 is 0.286 bits per heavy atom. The van der Waals surface area contributed by atoms with Crippen molar-refractivity contribution in [2.24, 2.45) is 0 Å². The molecule has 0 unspecified atom stereocenters. The first-order valence-corrected chi connectivity index (χ1v) is 21.5. The molecule has 10 aromatic carbocycles. The molecule has 2 aliphatic rings. The van der Waals surface area contributed by atoms with E-state index >= 15 is 0 Å². The molecule has 0 aromatic heterocycles. The van der Waals surface area contributed by atoms with Crippen molar-refractivity contribution in [1.29, 1.82) is 0 Å². The molecule has 296 valence electrons. The Morgan fingerprint density at radius 2 is 0.651 bits per heavy atom. The number of fused-ring (bicyclic) bond motifs is 6. The highest BCUT2D eigenvalue weighted by molar-refractivity contribution is 5.89. The molecule has 0 bridgehead atoms. The maximum atomic E-state index is 8.79. The van der Waals surface area contributed by atoms with Crippen LogP contribution in [-0.2, 0) is 10.8 Å². The lowest BCUT2D eigenvalue weighted by Crippen LogP contribution is -2.29. The van der Waals surface area contributed by atoms with E-state index in [1.165, 1.54) is 55.6 Å². The summed E-state index contributed by atoms with van der Waals surface area (Å²) in [6.07, 6.45) is 0. The summed E-state index contributed by atoms with van der Waals surface area (Å²) in [5.41, 5.74) is 16.5. The van der Waals surface area contributed by atoms with Gasteiger partial charge >= 0.3 is 0 Å².